The minimum absolute atomic E-state index is 0.0936. The van der Waals surface area contributed by atoms with Crippen molar-refractivity contribution in [2.45, 2.75) is 6.42 Å². The summed E-state index contributed by atoms with van der Waals surface area (Å²) in [6.07, 6.45) is 8.03. The second kappa shape index (κ2) is 6.79. The van der Waals surface area contributed by atoms with E-state index in [1.54, 1.807) is 32.4 Å². The Morgan fingerprint density at radius 2 is 1.86 bits per heavy atom. The number of phenolic OH excluding ortho intramolecular Hbond substituents is 1. The van der Waals surface area contributed by atoms with Gasteiger partial charge in [-0.1, -0.05) is 6.08 Å². The summed E-state index contributed by atoms with van der Waals surface area (Å²) in [4.78, 5) is 12.0. The normalized spacial score (nSPS) is 18.1. The Bertz CT molecular complexity index is 594. The fraction of sp³-hybridized carbons (Fsp3) is 0.235. The number of hydrogen-bond acceptors (Lipinski definition) is 4. The first kappa shape index (κ1) is 14.9. The lowest BCUT2D eigenvalue weighted by Crippen LogP contribution is -2.06. The van der Waals surface area contributed by atoms with E-state index in [-0.39, 0.29) is 17.5 Å². The van der Waals surface area contributed by atoms with Crippen LogP contribution in [0, 0.1) is 5.92 Å². The van der Waals surface area contributed by atoms with Gasteiger partial charge in [0.2, 0.25) is 0 Å². The number of allylic oxidation sites excluding steroid dienone is 4. The van der Waals surface area contributed by atoms with Crippen molar-refractivity contribution in [3.8, 4) is 5.75 Å². The molecule has 2 rings (SSSR count). The average Bonchev–Trinajstić information content (AvgIpc) is 2.52. The van der Waals surface area contributed by atoms with E-state index in [2.05, 4.69) is 0 Å². The Kier molecular flexibility index (Phi) is 4.82. The van der Waals surface area contributed by atoms with Gasteiger partial charge in [0.1, 0.15) is 5.75 Å². The van der Waals surface area contributed by atoms with Crippen LogP contribution in [-0.2, 0) is 9.47 Å². The predicted molar refractivity (Wildman–Crippen MR) is 79.9 cm³/mol. The summed E-state index contributed by atoms with van der Waals surface area (Å²) >= 11 is 0. The van der Waals surface area contributed by atoms with Gasteiger partial charge < -0.3 is 14.6 Å². The fourth-order valence-electron chi connectivity index (χ4n) is 2.11. The molecule has 1 unspecified atom stereocenters. The van der Waals surface area contributed by atoms with Crippen molar-refractivity contribution in [2.75, 3.05) is 14.2 Å². The van der Waals surface area contributed by atoms with Crippen LogP contribution in [0.5, 0.6) is 5.75 Å². The van der Waals surface area contributed by atoms with Gasteiger partial charge in [-0.25, -0.2) is 0 Å². The number of ether oxygens (including phenoxy) is 2. The van der Waals surface area contributed by atoms with E-state index >= 15 is 0 Å². The molecule has 0 aromatic heterocycles. The third kappa shape index (κ3) is 3.75. The molecule has 1 aromatic rings. The molecule has 0 saturated carbocycles. The fourth-order valence-corrected chi connectivity index (χ4v) is 2.11. The molecule has 21 heavy (non-hydrogen) atoms. The van der Waals surface area contributed by atoms with Crippen molar-refractivity contribution >= 4 is 5.78 Å². The highest BCUT2D eigenvalue weighted by Crippen LogP contribution is 2.24. The van der Waals surface area contributed by atoms with E-state index in [4.69, 9.17) is 9.47 Å². The minimum atomic E-state index is -0.0936. The van der Waals surface area contributed by atoms with Gasteiger partial charge in [-0.05, 0) is 48.9 Å². The highest BCUT2D eigenvalue weighted by Gasteiger charge is 2.15. The maximum atomic E-state index is 12.0. The van der Waals surface area contributed by atoms with Crippen LogP contribution < -0.4 is 0 Å². The maximum Gasteiger partial charge on any atom is 0.185 e. The third-order valence-electron chi connectivity index (χ3n) is 3.27. The van der Waals surface area contributed by atoms with E-state index in [9.17, 15) is 9.90 Å². The molecule has 0 spiro atoms. The molecule has 0 aliphatic heterocycles. The van der Waals surface area contributed by atoms with Gasteiger partial charge in [0.15, 0.2) is 17.3 Å². The zero-order valence-electron chi connectivity index (χ0n) is 12.1. The van der Waals surface area contributed by atoms with Crippen LogP contribution in [0.25, 0.3) is 0 Å². The molecular weight excluding hydrogens is 268 g/mol. The number of hydrogen-bond donors (Lipinski definition) is 1. The van der Waals surface area contributed by atoms with Crippen LogP contribution in [0.2, 0.25) is 0 Å². The summed E-state index contributed by atoms with van der Waals surface area (Å²) in [7, 11) is 3.19. The molecular formula is C17H18O4. The van der Waals surface area contributed by atoms with Crippen molar-refractivity contribution in [2.24, 2.45) is 5.92 Å². The van der Waals surface area contributed by atoms with Gasteiger partial charge in [0, 0.05) is 11.5 Å². The number of carbonyl (C=O) groups excluding carboxylic acids is 1. The van der Waals surface area contributed by atoms with Crippen molar-refractivity contribution in [1.82, 2.24) is 0 Å². The van der Waals surface area contributed by atoms with Gasteiger partial charge in [0.25, 0.3) is 0 Å². The summed E-state index contributed by atoms with van der Waals surface area (Å²) in [5.74, 6) is 1.54. The molecule has 0 fully saturated rings. The minimum Gasteiger partial charge on any atom is -0.508 e. The van der Waals surface area contributed by atoms with Crippen molar-refractivity contribution < 1.29 is 19.4 Å². The van der Waals surface area contributed by atoms with E-state index in [1.165, 1.54) is 12.1 Å². The van der Waals surface area contributed by atoms with Gasteiger partial charge >= 0.3 is 0 Å². The zero-order valence-corrected chi connectivity index (χ0v) is 12.1. The van der Waals surface area contributed by atoms with E-state index < -0.39 is 0 Å². The highest BCUT2D eigenvalue weighted by atomic mass is 16.5. The lowest BCUT2D eigenvalue weighted by Gasteiger charge is -2.17. The van der Waals surface area contributed by atoms with Crippen LogP contribution in [0.3, 0.4) is 0 Å². The Hall–Kier alpha value is -2.49. The van der Waals surface area contributed by atoms with Crippen LogP contribution in [-0.4, -0.2) is 25.1 Å². The first-order valence-corrected chi connectivity index (χ1v) is 6.66. The second-order valence-electron chi connectivity index (χ2n) is 4.68. The van der Waals surface area contributed by atoms with Gasteiger partial charge in [-0.2, -0.15) is 0 Å². The van der Waals surface area contributed by atoms with Gasteiger partial charge in [-0.15, -0.1) is 0 Å². The van der Waals surface area contributed by atoms with Gasteiger partial charge in [-0.3, -0.25) is 4.79 Å². The predicted octanol–water partition coefficient (Wildman–Crippen LogP) is 3.21. The van der Waals surface area contributed by atoms with Crippen molar-refractivity contribution in [1.29, 1.82) is 0 Å². The zero-order chi connectivity index (χ0) is 15.2. The quantitative estimate of drug-likeness (QED) is 0.667. The molecule has 1 aromatic carbocycles. The number of benzene rings is 1. The highest BCUT2D eigenvalue weighted by molar-refractivity contribution is 6.04. The van der Waals surface area contributed by atoms with E-state index in [0.29, 0.717) is 17.1 Å². The first-order chi connectivity index (χ1) is 10.1. The van der Waals surface area contributed by atoms with Crippen LogP contribution in [0.15, 0.2) is 60.1 Å². The Morgan fingerprint density at radius 1 is 1.19 bits per heavy atom. The Labute approximate surface area is 124 Å². The molecule has 110 valence electrons. The summed E-state index contributed by atoms with van der Waals surface area (Å²) in [6, 6.07) is 6.20. The SMILES string of the molecule is COC1=CCC(/C=C/C(=O)c2ccc(O)cc2)C=C1OC. The molecule has 1 aliphatic rings. The van der Waals surface area contributed by atoms with E-state index in [0.717, 1.165) is 6.42 Å². The number of ketones is 1. The van der Waals surface area contributed by atoms with Gasteiger partial charge in [0.05, 0.1) is 14.2 Å². The molecule has 1 atom stereocenters. The monoisotopic (exact) mass is 286 g/mol. The lowest BCUT2D eigenvalue weighted by molar-refractivity contribution is 0.104. The molecule has 0 radical (unpaired) electrons. The number of carbonyl (C=O) groups is 1. The summed E-state index contributed by atoms with van der Waals surface area (Å²) in [6.45, 7) is 0. The Morgan fingerprint density at radius 3 is 2.48 bits per heavy atom. The van der Waals surface area contributed by atoms with Crippen molar-refractivity contribution in [3.05, 3.63) is 65.7 Å². The average molecular weight is 286 g/mol. The lowest BCUT2D eigenvalue weighted by atomic mass is 9.97. The summed E-state index contributed by atoms with van der Waals surface area (Å²) in [5, 5.41) is 9.21. The summed E-state index contributed by atoms with van der Waals surface area (Å²) in [5.41, 5.74) is 0.545. The molecule has 1 N–H and O–H groups in total. The standard InChI is InChI=1S/C17H18O4/c1-20-16-10-4-12(11-17(16)21-2)3-9-15(19)13-5-7-14(18)8-6-13/h3,5-12,18H,4H2,1-2H3/b9-3+. The smallest absolute Gasteiger partial charge is 0.185 e. The maximum absolute atomic E-state index is 12.0. The molecule has 4 nitrogen and oxygen atoms in total. The van der Waals surface area contributed by atoms with E-state index in [1.807, 2.05) is 18.2 Å². The second-order valence-corrected chi connectivity index (χ2v) is 4.68. The number of rotatable bonds is 5. The number of aromatic hydroxyl groups is 1. The molecule has 0 bridgehead atoms. The molecule has 0 amide bonds. The number of phenols is 1. The first-order valence-electron chi connectivity index (χ1n) is 6.66. The molecule has 1 aliphatic carbocycles. The third-order valence-corrected chi connectivity index (χ3v) is 3.27. The molecule has 0 heterocycles. The topological polar surface area (TPSA) is 55.8 Å². The van der Waals surface area contributed by atoms with Crippen LogP contribution in [0.1, 0.15) is 16.8 Å². The summed E-state index contributed by atoms with van der Waals surface area (Å²) < 4.78 is 10.5. The Balaban J connectivity index is 2.05. The molecule has 0 saturated heterocycles. The molecule has 4 heteroatoms. The number of methoxy groups -OCH3 is 2. The van der Waals surface area contributed by atoms with Crippen molar-refractivity contribution in [3.63, 3.8) is 0 Å². The largest absolute Gasteiger partial charge is 0.508 e. The van der Waals surface area contributed by atoms with Crippen LogP contribution in [0.4, 0.5) is 0 Å². The van der Waals surface area contributed by atoms with Crippen LogP contribution >= 0.6 is 0 Å².